The molecule has 3 heteroatoms. The standard InChI is InChI=1S/C11H20N2O/c1-2-8-13(9-5-6-9)11(14)10-4-3-7-12-10/h9-10,12H,2-8H2,1H3/t10-/m0/s1. The Balaban J connectivity index is 1.91. The highest BCUT2D eigenvalue weighted by Gasteiger charge is 2.35. The Labute approximate surface area is 85.8 Å². The molecule has 80 valence electrons. The average Bonchev–Trinajstić information content (AvgIpc) is 2.88. The summed E-state index contributed by atoms with van der Waals surface area (Å²) in [6.07, 6.45) is 5.71. The van der Waals surface area contributed by atoms with Crippen LogP contribution in [0.1, 0.15) is 39.0 Å². The van der Waals surface area contributed by atoms with Crippen molar-refractivity contribution in [2.45, 2.75) is 51.1 Å². The predicted molar refractivity (Wildman–Crippen MR) is 56.1 cm³/mol. The first-order valence-corrected chi connectivity index (χ1v) is 5.86. The SMILES string of the molecule is CCCN(C(=O)[C@@H]1CCCN1)C1CC1. The van der Waals surface area contributed by atoms with Crippen molar-refractivity contribution >= 4 is 5.91 Å². The van der Waals surface area contributed by atoms with Gasteiger partial charge in [-0.25, -0.2) is 0 Å². The molecule has 1 N–H and O–H groups in total. The first-order chi connectivity index (χ1) is 6.83. The summed E-state index contributed by atoms with van der Waals surface area (Å²) in [5.74, 6) is 0.354. The van der Waals surface area contributed by atoms with Crippen LogP contribution in [0.15, 0.2) is 0 Å². The molecule has 1 amide bonds. The van der Waals surface area contributed by atoms with Crippen LogP contribution < -0.4 is 5.32 Å². The normalized spacial score (nSPS) is 26.5. The molecule has 0 aromatic carbocycles. The second kappa shape index (κ2) is 4.30. The number of carbonyl (C=O) groups excluding carboxylic acids is 1. The van der Waals surface area contributed by atoms with Gasteiger partial charge in [0.15, 0.2) is 0 Å². The minimum absolute atomic E-state index is 0.127. The van der Waals surface area contributed by atoms with Crippen molar-refractivity contribution in [3.63, 3.8) is 0 Å². The van der Waals surface area contributed by atoms with E-state index < -0.39 is 0 Å². The zero-order valence-corrected chi connectivity index (χ0v) is 8.96. The maximum Gasteiger partial charge on any atom is 0.239 e. The Hall–Kier alpha value is -0.570. The Morgan fingerprint density at radius 3 is 2.71 bits per heavy atom. The smallest absolute Gasteiger partial charge is 0.239 e. The molecule has 14 heavy (non-hydrogen) atoms. The van der Waals surface area contributed by atoms with Crippen molar-refractivity contribution in [1.29, 1.82) is 0 Å². The largest absolute Gasteiger partial charge is 0.338 e. The number of amides is 1. The summed E-state index contributed by atoms with van der Waals surface area (Å²) >= 11 is 0. The van der Waals surface area contributed by atoms with E-state index in [0.717, 1.165) is 32.4 Å². The maximum atomic E-state index is 12.1. The number of nitrogens with one attached hydrogen (secondary N) is 1. The lowest BCUT2D eigenvalue weighted by Gasteiger charge is -2.25. The fourth-order valence-electron chi connectivity index (χ4n) is 2.20. The number of hydrogen-bond acceptors (Lipinski definition) is 2. The van der Waals surface area contributed by atoms with E-state index in [1.54, 1.807) is 0 Å². The van der Waals surface area contributed by atoms with E-state index in [2.05, 4.69) is 17.1 Å². The van der Waals surface area contributed by atoms with Gasteiger partial charge in [0.1, 0.15) is 0 Å². The third kappa shape index (κ3) is 2.08. The van der Waals surface area contributed by atoms with Gasteiger partial charge in [0.05, 0.1) is 6.04 Å². The summed E-state index contributed by atoms with van der Waals surface area (Å²) in [6, 6.07) is 0.701. The Morgan fingerprint density at radius 2 is 2.21 bits per heavy atom. The molecule has 0 bridgehead atoms. The lowest BCUT2D eigenvalue weighted by Crippen LogP contribution is -2.45. The summed E-state index contributed by atoms with van der Waals surface area (Å²) in [4.78, 5) is 14.2. The minimum Gasteiger partial charge on any atom is -0.338 e. The van der Waals surface area contributed by atoms with Gasteiger partial charge in [-0.15, -0.1) is 0 Å². The van der Waals surface area contributed by atoms with Gasteiger partial charge < -0.3 is 10.2 Å². The van der Waals surface area contributed by atoms with Gasteiger partial charge in [-0.2, -0.15) is 0 Å². The van der Waals surface area contributed by atoms with Crippen LogP contribution in [0.3, 0.4) is 0 Å². The van der Waals surface area contributed by atoms with Crippen LogP contribution in [0.25, 0.3) is 0 Å². The molecule has 0 radical (unpaired) electrons. The summed E-state index contributed by atoms with van der Waals surface area (Å²) in [7, 11) is 0. The van der Waals surface area contributed by atoms with Crippen LogP contribution in [0.5, 0.6) is 0 Å². The van der Waals surface area contributed by atoms with Gasteiger partial charge in [-0.3, -0.25) is 4.79 Å². The highest BCUT2D eigenvalue weighted by Crippen LogP contribution is 2.28. The van der Waals surface area contributed by atoms with Gasteiger partial charge in [0.25, 0.3) is 0 Å². The summed E-state index contributed by atoms with van der Waals surface area (Å²) in [6.45, 7) is 4.10. The van der Waals surface area contributed by atoms with Crippen LogP contribution in [-0.2, 0) is 4.79 Å². The van der Waals surface area contributed by atoms with E-state index in [0.29, 0.717) is 11.9 Å². The molecule has 1 aliphatic heterocycles. The van der Waals surface area contributed by atoms with E-state index in [1.165, 1.54) is 12.8 Å². The molecule has 1 aliphatic carbocycles. The summed E-state index contributed by atoms with van der Waals surface area (Å²) in [5, 5.41) is 3.29. The molecule has 0 unspecified atom stereocenters. The minimum atomic E-state index is 0.127. The number of rotatable bonds is 4. The monoisotopic (exact) mass is 196 g/mol. The van der Waals surface area contributed by atoms with Gasteiger partial charge in [-0.05, 0) is 38.6 Å². The number of carbonyl (C=O) groups is 1. The van der Waals surface area contributed by atoms with Crippen LogP contribution in [-0.4, -0.2) is 36.0 Å². The highest BCUT2D eigenvalue weighted by atomic mass is 16.2. The van der Waals surface area contributed by atoms with Crippen molar-refractivity contribution in [3.8, 4) is 0 Å². The van der Waals surface area contributed by atoms with E-state index in [9.17, 15) is 4.79 Å². The van der Waals surface area contributed by atoms with Crippen LogP contribution >= 0.6 is 0 Å². The molecule has 1 heterocycles. The third-order valence-corrected chi connectivity index (χ3v) is 3.09. The molecule has 2 fully saturated rings. The average molecular weight is 196 g/mol. The van der Waals surface area contributed by atoms with Gasteiger partial charge in [0.2, 0.25) is 5.91 Å². The lowest BCUT2D eigenvalue weighted by molar-refractivity contribution is -0.133. The first-order valence-electron chi connectivity index (χ1n) is 5.86. The second-order valence-corrected chi connectivity index (χ2v) is 4.41. The third-order valence-electron chi connectivity index (χ3n) is 3.09. The molecule has 0 spiro atoms. The molecule has 1 saturated heterocycles. The quantitative estimate of drug-likeness (QED) is 0.731. The van der Waals surface area contributed by atoms with Crippen molar-refractivity contribution in [2.75, 3.05) is 13.1 Å². The van der Waals surface area contributed by atoms with Gasteiger partial charge >= 0.3 is 0 Å². The van der Waals surface area contributed by atoms with Gasteiger partial charge in [0, 0.05) is 12.6 Å². The van der Waals surface area contributed by atoms with Crippen LogP contribution in [0.4, 0.5) is 0 Å². The molecule has 1 atom stereocenters. The van der Waals surface area contributed by atoms with Crippen LogP contribution in [0.2, 0.25) is 0 Å². The second-order valence-electron chi connectivity index (χ2n) is 4.41. The lowest BCUT2D eigenvalue weighted by atomic mass is 10.2. The van der Waals surface area contributed by atoms with E-state index in [1.807, 2.05) is 0 Å². The number of nitrogens with zero attached hydrogens (tertiary/aromatic N) is 1. The molecule has 1 saturated carbocycles. The zero-order chi connectivity index (χ0) is 9.97. The van der Waals surface area contributed by atoms with E-state index in [4.69, 9.17) is 0 Å². The molecule has 2 aliphatic rings. The Kier molecular flexibility index (Phi) is 3.06. The van der Waals surface area contributed by atoms with E-state index in [-0.39, 0.29) is 6.04 Å². The Morgan fingerprint density at radius 1 is 1.43 bits per heavy atom. The topological polar surface area (TPSA) is 32.3 Å². The highest BCUT2D eigenvalue weighted by molar-refractivity contribution is 5.82. The molecule has 2 rings (SSSR count). The zero-order valence-electron chi connectivity index (χ0n) is 8.96. The molecular formula is C11H20N2O. The van der Waals surface area contributed by atoms with Crippen molar-refractivity contribution in [2.24, 2.45) is 0 Å². The van der Waals surface area contributed by atoms with E-state index >= 15 is 0 Å². The molecule has 3 nitrogen and oxygen atoms in total. The fraction of sp³-hybridized carbons (Fsp3) is 0.909. The van der Waals surface area contributed by atoms with Crippen molar-refractivity contribution < 1.29 is 4.79 Å². The Bertz CT molecular complexity index is 207. The predicted octanol–water partition coefficient (Wildman–Crippen LogP) is 1.14. The van der Waals surface area contributed by atoms with Crippen LogP contribution in [0, 0.1) is 0 Å². The van der Waals surface area contributed by atoms with Crippen molar-refractivity contribution in [1.82, 2.24) is 10.2 Å². The summed E-state index contributed by atoms with van der Waals surface area (Å²) < 4.78 is 0. The molecule has 0 aromatic heterocycles. The fourth-order valence-corrected chi connectivity index (χ4v) is 2.20. The molecular weight excluding hydrogens is 176 g/mol. The first kappa shape index (κ1) is 9.97. The maximum absolute atomic E-state index is 12.1. The van der Waals surface area contributed by atoms with Gasteiger partial charge in [-0.1, -0.05) is 6.92 Å². The number of hydrogen-bond donors (Lipinski definition) is 1. The molecule has 0 aromatic rings. The summed E-state index contributed by atoms with van der Waals surface area (Å²) in [5.41, 5.74) is 0. The van der Waals surface area contributed by atoms with Crippen molar-refractivity contribution in [3.05, 3.63) is 0 Å².